The Bertz CT molecular complexity index is 372. The smallest absolute Gasteiger partial charge is 0.355 e. The van der Waals surface area contributed by atoms with E-state index < -0.39 is 20.9 Å². The van der Waals surface area contributed by atoms with Crippen molar-refractivity contribution in [3.63, 3.8) is 0 Å². The van der Waals surface area contributed by atoms with Crippen molar-refractivity contribution in [3.8, 4) is 0 Å². The second-order valence-electron chi connectivity index (χ2n) is 5.43. The third-order valence-corrected chi connectivity index (χ3v) is 3.14. The zero-order valence-corrected chi connectivity index (χ0v) is 13.5. The molecule has 0 bridgehead atoms. The molecule has 0 aromatic carbocycles. The molecule has 0 radical (unpaired) electrons. The molecule has 0 N–H and O–H groups in total. The number of halogens is 1. The zero-order valence-electron chi connectivity index (χ0n) is 11.9. The molecule has 0 aliphatic rings. The molecule has 0 rings (SSSR count). The topological polar surface area (TPSA) is 69.7 Å². The molecule has 5 nitrogen and oxygen atoms in total. The van der Waals surface area contributed by atoms with Crippen LogP contribution in [0.15, 0.2) is 0 Å². The zero-order chi connectivity index (χ0) is 15.1. The van der Waals surface area contributed by atoms with Crippen LogP contribution >= 0.6 is 10.7 Å². The summed E-state index contributed by atoms with van der Waals surface area (Å²) in [4.78, 5) is 11.5. The van der Waals surface area contributed by atoms with Gasteiger partial charge in [-0.2, -0.15) is 8.42 Å². The highest BCUT2D eigenvalue weighted by atomic mass is 35.7. The molecule has 0 saturated carbocycles. The van der Waals surface area contributed by atoms with Crippen LogP contribution in [0.5, 0.6) is 0 Å². The monoisotopic (exact) mass is 314 g/mol. The number of carbonyl (C=O) groups is 1. The van der Waals surface area contributed by atoms with Gasteiger partial charge in [0.15, 0.2) is 0 Å². The number of esters is 1. The Morgan fingerprint density at radius 2 is 1.84 bits per heavy atom. The van der Waals surface area contributed by atoms with Gasteiger partial charge < -0.3 is 4.74 Å². The highest BCUT2D eigenvalue weighted by Gasteiger charge is 2.24. The van der Waals surface area contributed by atoms with Crippen molar-refractivity contribution in [1.29, 1.82) is 0 Å². The first-order valence-corrected chi connectivity index (χ1v) is 8.59. The number of hydrogen-bond acceptors (Lipinski definition) is 5. The molecule has 0 aromatic heterocycles. The fourth-order valence-electron chi connectivity index (χ4n) is 1.33. The van der Waals surface area contributed by atoms with Gasteiger partial charge in [0.1, 0.15) is 0 Å². The molecular weight excluding hydrogens is 292 g/mol. The molecular formula is C12H23ClO5S. The van der Waals surface area contributed by atoms with Crippen molar-refractivity contribution >= 4 is 26.0 Å². The Morgan fingerprint density at radius 1 is 1.26 bits per heavy atom. The van der Waals surface area contributed by atoms with Crippen LogP contribution in [0.4, 0.5) is 0 Å². The van der Waals surface area contributed by atoms with Gasteiger partial charge in [-0.25, -0.2) is 0 Å². The van der Waals surface area contributed by atoms with Gasteiger partial charge in [-0.1, -0.05) is 19.8 Å². The number of unbranched alkanes of at least 4 members (excludes halogenated alkanes) is 1. The Morgan fingerprint density at radius 3 is 2.26 bits per heavy atom. The van der Waals surface area contributed by atoms with E-state index in [4.69, 9.17) is 19.6 Å². The first kappa shape index (κ1) is 18.7. The number of rotatable bonds is 8. The van der Waals surface area contributed by atoms with Crippen LogP contribution in [-0.2, 0) is 23.0 Å². The van der Waals surface area contributed by atoms with Gasteiger partial charge in [0.05, 0.1) is 18.1 Å². The summed E-state index contributed by atoms with van der Waals surface area (Å²) >= 11 is 0. The minimum absolute atomic E-state index is 0.122. The summed E-state index contributed by atoms with van der Waals surface area (Å²) < 4.78 is 31.6. The fraction of sp³-hybridized carbons (Fsp3) is 0.917. The average molecular weight is 315 g/mol. The Labute approximate surface area is 120 Å². The molecule has 0 aromatic rings. The number of hydrogen-bond donors (Lipinski definition) is 0. The van der Waals surface area contributed by atoms with E-state index in [-0.39, 0.29) is 12.6 Å². The quantitative estimate of drug-likeness (QED) is 0.509. The van der Waals surface area contributed by atoms with Crippen LogP contribution in [0.2, 0.25) is 0 Å². The maximum absolute atomic E-state index is 11.5. The molecule has 0 amide bonds. The Kier molecular flexibility index (Phi) is 7.93. The molecule has 114 valence electrons. The molecule has 1 atom stereocenters. The number of carbonyl (C=O) groups excluding carboxylic acids is 1. The van der Waals surface area contributed by atoms with Crippen LogP contribution in [0.3, 0.4) is 0 Å². The largest absolute Gasteiger partial charge is 0.465 e. The standard InChI is InChI=1S/C12H23ClO5S/c1-5-6-7-10(18-19(13,15)16)8-9-17-11(14)12(2,3)4/h10H,5-9H2,1-4H3. The normalized spacial score (nSPS) is 14.2. The molecule has 19 heavy (non-hydrogen) atoms. The summed E-state index contributed by atoms with van der Waals surface area (Å²) in [5, 5.41) is 0. The van der Waals surface area contributed by atoms with Gasteiger partial charge in [-0.15, -0.1) is 0 Å². The Balaban J connectivity index is 4.23. The number of ether oxygens (including phenoxy) is 1. The second kappa shape index (κ2) is 8.07. The van der Waals surface area contributed by atoms with E-state index in [1.54, 1.807) is 20.8 Å². The van der Waals surface area contributed by atoms with Gasteiger partial charge in [-0.3, -0.25) is 8.98 Å². The highest BCUT2D eigenvalue weighted by Crippen LogP contribution is 2.17. The molecule has 0 fully saturated rings. The molecule has 7 heteroatoms. The molecule has 1 unspecified atom stereocenters. The van der Waals surface area contributed by atoms with E-state index in [0.29, 0.717) is 12.8 Å². The van der Waals surface area contributed by atoms with Crippen LogP contribution in [0.25, 0.3) is 0 Å². The van der Waals surface area contributed by atoms with Crippen molar-refractivity contribution in [2.24, 2.45) is 5.41 Å². The van der Waals surface area contributed by atoms with Crippen molar-refractivity contribution in [1.82, 2.24) is 0 Å². The SMILES string of the molecule is CCCCC(CCOC(=O)C(C)(C)C)OS(=O)(=O)Cl. The van der Waals surface area contributed by atoms with E-state index in [9.17, 15) is 13.2 Å². The predicted octanol–water partition coefficient (Wildman–Crippen LogP) is 3.02. The van der Waals surface area contributed by atoms with Crippen LogP contribution < -0.4 is 0 Å². The lowest BCUT2D eigenvalue weighted by atomic mass is 9.97. The van der Waals surface area contributed by atoms with Crippen LogP contribution in [0, 0.1) is 5.41 Å². The van der Waals surface area contributed by atoms with Gasteiger partial charge in [0.25, 0.3) is 0 Å². The molecule has 0 aliphatic heterocycles. The van der Waals surface area contributed by atoms with Gasteiger partial charge >= 0.3 is 15.3 Å². The maximum atomic E-state index is 11.5. The second-order valence-corrected chi connectivity index (χ2v) is 7.54. The van der Waals surface area contributed by atoms with Crippen molar-refractivity contribution < 1.29 is 22.1 Å². The minimum Gasteiger partial charge on any atom is -0.465 e. The average Bonchev–Trinajstić information content (AvgIpc) is 2.22. The lowest BCUT2D eigenvalue weighted by Crippen LogP contribution is -2.25. The van der Waals surface area contributed by atoms with Crippen molar-refractivity contribution in [2.75, 3.05) is 6.61 Å². The van der Waals surface area contributed by atoms with E-state index in [1.165, 1.54) is 0 Å². The van der Waals surface area contributed by atoms with Gasteiger partial charge in [0, 0.05) is 17.1 Å². The van der Waals surface area contributed by atoms with E-state index >= 15 is 0 Å². The Hall–Kier alpha value is -0.330. The van der Waals surface area contributed by atoms with Gasteiger partial charge in [-0.05, 0) is 27.2 Å². The first-order valence-electron chi connectivity index (χ1n) is 6.36. The minimum atomic E-state index is -4.00. The molecule has 0 saturated heterocycles. The van der Waals surface area contributed by atoms with Crippen LogP contribution in [0.1, 0.15) is 53.4 Å². The van der Waals surface area contributed by atoms with Crippen molar-refractivity contribution in [3.05, 3.63) is 0 Å². The molecule has 0 heterocycles. The highest BCUT2D eigenvalue weighted by molar-refractivity contribution is 8.10. The third-order valence-electron chi connectivity index (χ3n) is 2.42. The molecule has 0 spiro atoms. The summed E-state index contributed by atoms with van der Waals surface area (Å²) in [5.41, 5.74) is -0.571. The summed E-state index contributed by atoms with van der Waals surface area (Å²) in [7, 11) is 1.06. The fourth-order valence-corrected chi connectivity index (χ4v) is 2.16. The van der Waals surface area contributed by atoms with Crippen LogP contribution in [-0.4, -0.2) is 27.1 Å². The lowest BCUT2D eigenvalue weighted by molar-refractivity contribution is -0.153. The maximum Gasteiger partial charge on any atom is 0.355 e. The predicted molar refractivity (Wildman–Crippen MR) is 74.2 cm³/mol. The summed E-state index contributed by atoms with van der Waals surface area (Å²) in [6, 6.07) is 0. The van der Waals surface area contributed by atoms with E-state index in [2.05, 4.69) is 0 Å². The summed E-state index contributed by atoms with van der Waals surface area (Å²) in [5.74, 6) is -0.324. The third kappa shape index (κ3) is 10.2. The summed E-state index contributed by atoms with van der Waals surface area (Å²) in [6.07, 6.45) is 2.08. The first-order chi connectivity index (χ1) is 8.56. The summed E-state index contributed by atoms with van der Waals surface area (Å²) in [6.45, 7) is 7.37. The van der Waals surface area contributed by atoms with E-state index in [1.807, 2.05) is 6.92 Å². The lowest BCUT2D eigenvalue weighted by Gasteiger charge is -2.19. The molecule has 0 aliphatic carbocycles. The van der Waals surface area contributed by atoms with Crippen molar-refractivity contribution in [2.45, 2.75) is 59.5 Å². The van der Waals surface area contributed by atoms with E-state index in [0.717, 1.165) is 12.8 Å². The van der Waals surface area contributed by atoms with Gasteiger partial charge in [0.2, 0.25) is 0 Å².